The van der Waals surface area contributed by atoms with E-state index >= 15 is 0 Å². The molecule has 0 saturated heterocycles. The molecule has 0 radical (unpaired) electrons. The molecule has 0 aromatic carbocycles. The standard InChI is InChI=1S/C14H29NO2/c16-14-12-10-8-6-4-2-1-3-5-7-9-11-13-15-17/h16H,1-14H2. The molecular formula is C14H29NO2. The normalized spacial score (nSPS) is 10.6. The Kier molecular flexibility index (Phi) is 15.2. The van der Waals surface area contributed by atoms with Gasteiger partial charge in [0, 0.05) is 6.61 Å². The van der Waals surface area contributed by atoms with Crippen molar-refractivity contribution in [2.24, 2.45) is 5.18 Å². The van der Waals surface area contributed by atoms with Crippen LogP contribution in [0.2, 0.25) is 0 Å². The van der Waals surface area contributed by atoms with Crippen molar-refractivity contribution in [3.63, 3.8) is 0 Å². The molecule has 0 aliphatic rings. The fourth-order valence-electron chi connectivity index (χ4n) is 2.06. The highest BCUT2D eigenvalue weighted by molar-refractivity contribution is 4.49. The van der Waals surface area contributed by atoms with Crippen molar-refractivity contribution in [3.05, 3.63) is 4.91 Å². The van der Waals surface area contributed by atoms with Crippen LogP contribution in [0, 0.1) is 4.91 Å². The lowest BCUT2D eigenvalue weighted by Gasteiger charge is -2.02. The summed E-state index contributed by atoms with van der Waals surface area (Å²) in [5.41, 5.74) is 0. The number of rotatable bonds is 14. The summed E-state index contributed by atoms with van der Waals surface area (Å²) in [6, 6.07) is 0. The Morgan fingerprint density at radius 3 is 1.29 bits per heavy atom. The molecule has 3 nitrogen and oxygen atoms in total. The Balaban J connectivity index is 2.87. The second kappa shape index (κ2) is 15.6. The number of nitrogens with zero attached hydrogens (tertiary/aromatic N) is 1. The van der Waals surface area contributed by atoms with Gasteiger partial charge in [0.05, 0.1) is 6.54 Å². The lowest BCUT2D eigenvalue weighted by Crippen LogP contribution is -1.85. The van der Waals surface area contributed by atoms with Crippen LogP contribution >= 0.6 is 0 Å². The highest BCUT2D eigenvalue weighted by Crippen LogP contribution is 2.11. The maximum atomic E-state index is 9.84. The molecule has 0 aromatic heterocycles. The van der Waals surface area contributed by atoms with Gasteiger partial charge in [-0.25, -0.2) is 0 Å². The zero-order chi connectivity index (χ0) is 12.6. The maximum Gasteiger partial charge on any atom is 0.0811 e. The van der Waals surface area contributed by atoms with Crippen molar-refractivity contribution < 1.29 is 5.11 Å². The topological polar surface area (TPSA) is 49.7 Å². The number of hydrogen-bond acceptors (Lipinski definition) is 3. The minimum atomic E-state index is 0.347. The molecule has 0 aliphatic heterocycles. The molecule has 0 aromatic rings. The third kappa shape index (κ3) is 15.6. The second-order valence-corrected chi connectivity index (χ2v) is 4.82. The highest BCUT2D eigenvalue weighted by atomic mass is 16.3. The molecule has 0 heterocycles. The molecule has 0 aliphatic carbocycles. The van der Waals surface area contributed by atoms with Crippen molar-refractivity contribution in [2.45, 2.75) is 77.0 Å². The molecule has 0 bridgehead atoms. The smallest absolute Gasteiger partial charge is 0.0811 e. The molecule has 0 fully saturated rings. The van der Waals surface area contributed by atoms with E-state index in [-0.39, 0.29) is 0 Å². The van der Waals surface area contributed by atoms with Gasteiger partial charge in [0.2, 0.25) is 0 Å². The average molecular weight is 243 g/mol. The van der Waals surface area contributed by atoms with E-state index in [1.807, 2.05) is 0 Å². The van der Waals surface area contributed by atoms with Gasteiger partial charge in [0.25, 0.3) is 0 Å². The highest BCUT2D eigenvalue weighted by Gasteiger charge is 1.93. The predicted molar refractivity (Wildman–Crippen MR) is 73.2 cm³/mol. The Hall–Kier alpha value is -0.440. The Bertz CT molecular complexity index is 151. The number of unbranched alkanes of at least 4 members (excludes halogenated alkanes) is 11. The number of hydrogen-bond donors (Lipinski definition) is 1. The molecule has 102 valence electrons. The van der Waals surface area contributed by atoms with Crippen LogP contribution in [0.3, 0.4) is 0 Å². The van der Waals surface area contributed by atoms with Crippen LogP contribution in [0.5, 0.6) is 0 Å². The minimum absolute atomic E-state index is 0.347. The molecule has 17 heavy (non-hydrogen) atoms. The third-order valence-electron chi connectivity index (χ3n) is 3.16. The predicted octanol–water partition coefficient (Wildman–Crippen LogP) is 4.43. The van der Waals surface area contributed by atoms with Gasteiger partial charge in [-0.3, -0.25) is 0 Å². The van der Waals surface area contributed by atoms with E-state index in [0.29, 0.717) is 13.2 Å². The van der Waals surface area contributed by atoms with E-state index in [1.54, 1.807) is 0 Å². The fourth-order valence-corrected chi connectivity index (χ4v) is 2.06. The summed E-state index contributed by atoms with van der Waals surface area (Å²) in [5.74, 6) is 0. The van der Waals surface area contributed by atoms with Crippen LogP contribution in [0.1, 0.15) is 77.0 Å². The van der Waals surface area contributed by atoms with E-state index < -0.39 is 0 Å². The summed E-state index contributed by atoms with van der Waals surface area (Å²) < 4.78 is 0. The van der Waals surface area contributed by atoms with Crippen LogP contribution in [0.15, 0.2) is 5.18 Å². The molecule has 1 N–H and O–H groups in total. The van der Waals surface area contributed by atoms with Gasteiger partial charge in [-0.1, -0.05) is 69.4 Å². The molecule has 0 amide bonds. The fraction of sp³-hybridized carbons (Fsp3) is 1.00. The zero-order valence-electron chi connectivity index (χ0n) is 11.2. The van der Waals surface area contributed by atoms with Crippen molar-refractivity contribution in [3.8, 4) is 0 Å². The molecule has 3 heteroatoms. The summed E-state index contributed by atoms with van der Waals surface area (Å²) in [5, 5.41) is 11.5. The van der Waals surface area contributed by atoms with Gasteiger partial charge in [-0.15, -0.1) is 0 Å². The van der Waals surface area contributed by atoms with Crippen LogP contribution in [0.4, 0.5) is 0 Å². The average Bonchev–Trinajstić information content (AvgIpc) is 2.35. The van der Waals surface area contributed by atoms with Crippen molar-refractivity contribution in [2.75, 3.05) is 13.2 Å². The van der Waals surface area contributed by atoms with Gasteiger partial charge < -0.3 is 5.11 Å². The largest absolute Gasteiger partial charge is 0.396 e. The first-order chi connectivity index (χ1) is 8.41. The molecule has 0 rings (SSSR count). The monoisotopic (exact) mass is 243 g/mol. The summed E-state index contributed by atoms with van der Waals surface area (Å²) >= 11 is 0. The van der Waals surface area contributed by atoms with Crippen LogP contribution in [-0.4, -0.2) is 18.3 Å². The van der Waals surface area contributed by atoms with Crippen molar-refractivity contribution in [1.82, 2.24) is 0 Å². The number of aliphatic hydroxyl groups is 1. The lowest BCUT2D eigenvalue weighted by molar-refractivity contribution is 0.282. The minimum Gasteiger partial charge on any atom is -0.396 e. The van der Waals surface area contributed by atoms with E-state index in [4.69, 9.17) is 5.11 Å². The van der Waals surface area contributed by atoms with Gasteiger partial charge in [0.15, 0.2) is 0 Å². The van der Waals surface area contributed by atoms with Gasteiger partial charge in [0.1, 0.15) is 0 Å². The lowest BCUT2D eigenvalue weighted by atomic mass is 10.1. The molecule has 0 atom stereocenters. The Labute approximate surface area is 106 Å². The summed E-state index contributed by atoms with van der Waals surface area (Å²) in [6.45, 7) is 0.841. The summed E-state index contributed by atoms with van der Waals surface area (Å²) in [7, 11) is 0. The number of aliphatic hydroxyl groups excluding tert-OH is 1. The van der Waals surface area contributed by atoms with Gasteiger partial charge in [-0.05, 0) is 12.8 Å². The van der Waals surface area contributed by atoms with Crippen molar-refractivity contribution >= 4 is 0 Å². The summed E-state index contributed by atoms with van der Waals surface area (Å²) in [4.78, 5) is 9.84. The van der Waals surface area contributed by atoms with E-state index in [9.17, 15) is 4.91 Å². The SMILES string of the molecule is O=NCCCCCCCCCCCCCCO. The Morgan fingerprint density at radius 1 is 0.588 bits per heavy atom. The maximum absolute atomic E-state index is 9.84. The molecule has 0 saturated carbocycles. The summed E-state index contributed by atoms with van der Waals surface area (Å²) in [6.07, 6.45) is 14.8. The Morgan fingerprint density at radius 2 is 0.941 bits per heavy atom. The number of nitroso groups, excluding NO2 is 1. The van der Waals surface area contributed by atoms with Crippen molar-refractivity contribution in [1.29, 1.82) is 0 Å². The van der Waals surface area contributed by atoms with Gasteiger partial charge >= 0.3 is 0 Å². The first kappa shape index (κ1) is 16.6. The molecule has 0 spiro atoms. The van der Waals surface area contributed by atoms with E-state index in [0.717, 1.165) is 19.3 Å². The zero-order valence-corrected chi connectivity index (χ0v) is 11.2. The van der Waals surface area contributed by atoms with E-state index in [2.05, 4.69) is 5.18 Å². The first-order valence-electron chi connectivity index (χ1n) is 7.32. The molecular weight excluding hydrogens is 214 g/mol. The van der Waals surface area contributed by atoms with Crippen LogP contribution < -0.4 is 0 Å². The van der Waals surface area contributed by atoms with Crippen LogP contribution in [0.25, 0.3) is 0 Å². The third-order valence-corrected chi connectivity index (χ3v) is 3.16. The van der Waals surface area contributed by atoms with Gasteiger partial charge in [-0.2, -0.15) is 4.91 Å². The second-order valence-electron chi connectivity index (χ2n) is 4.82. The van der Waals surface area contributed by atoms with Crippen LogP contribution in [-0.2, 0) is 0 Å². The molecule has 0 unspecified atom stereocenters. The first-order valence-corrected chi connectivity index (χ1v) is 7.32. The quantitative estimate of drug-likeness (QED) is 0.362. The van der Waals surface area contributed by atoms with E-state index in [1.165, 1.54) is 57.8 Å².